The van der Waals surface area contributed by atoms with Gasteiger partial charge >= 0.3 is 30.1 Å². The lowest BCUT2D eigenvalue weighted by atomic mass is 9.33. The number of piperidine rings is 2. The lowest BCUT2D eigenvalue weighted by molar-refractivity contribution is -0.219. The third-order valence-corrected chi connectivity index (χ3v) is 48.5. The van der Waals surface area contributed by atoms with E-state index in [9.17, 15) is 29.1 Å². The van der Waals surface area contributed by atoms with Crippen molar-refractivity contribution in [3.8, 4) is 0 Å². The van der Waals surface area contributed by atoms with E-state index in [0.717, 1.165) is 83.7 Å². The Morgan fingerprint density at radius 3 is 0.993 bits per heavy atom. The lowest BCUT2D eigenvalue weighted by Crippen LogP contribution is -2.68. The van der Waals surface area contributed by atoms with E-state index in [2.05, 4.69) is 197 Å². The molecule has 0 bridgehead atoms. The van der Waals surface area contributed by atoms with Crippen LogP contribution in [0.1, 0.15) is 413 Å². The quantitative estimate of drug-likeness (QED) is 0.0637. The first-order valence-corrected chi connectivity index (χ1v) is 58.8. The number of methoxy groups -OCH3 is 2. The lowest BCUT2D eigenvalue weighted by Gasteiger charge is -2.72. The largest absolute Gasteiger partial charge is 0.478 e. The van der Waals surface area contributed by atoms with E-state index in [4.69, 9.17) is 24.7 Å². The maximum absolute atomic E-state index is 13.0. The molecule has 2 amide bonds. The number of allylic oxidation sites excluding steroid dienone is 9. The maximum atomic E-state index is 13.0. The van der Waals surface area contributed by atoms with E-state index in [1.54, 1.807) is 12.1 Å². The van der Waals surface area contributed by atoms with Gasteiger partial charge in [0.1, 0.15) is 11.2 Å². The van der Waals surface area contributed by atoms with Crippen LogP contribution in [0.25, 0.3) is 16.7 Å². The molecule has 15 heteroatoms. The first kappa shape index (κ1) is 110. The van der Waals surface area contributed by atoms with Crippen molar-refractivity contribution in [2.75, 3.05) is 53.5 Å². The number of ether oxygens (including phenoxy) is 4. The second-order valence-corrected chi connectivity index (χ2v) is 58.4. The number of hydrogen-bond acceptors (Lipinski definition) is 12. The van der Waals surface area contributed by atoms with Gasteiger partial charge in [-0.3, -0.25) is 0 Å². The maximum Gasteiger partial charge on any atom is 0.410 e. The van der Waals surface area contributed by atoms with Crippen molar-refractivity contribution in [3.63, 3.8) is 0 Å². The predicted molar refractivity (Wildman–Crippen MR) is 598 cm³/mol. The monoisotopic (exact) mass is 2010 g/mol. The molecule has 2 unspecified atom stereocenters. The molecular weight excluding hydrogens is 1820 g/mol. The van der Waals surface area contributed by atoms with Gasteiger partial charge in [0.2, 0.25) is 0 Å². The second kappa shape index (κ2) is 38.8. The highest BCUT2D eigenvalue weighted by Gasteiger charge is 2.76. The molecule has 2 heterocycles. The first-order chi connectivity index (χ1) is 68.8. The summed E-state index contributed by atoms with van der Waals surface area (Å²) in [6.07, 6.45) is 45.8. The Labute approximate surface area is 888 Å². The van der Waals surface area contributed by atoms with E-state index in [-0.39, 0.29) is 89.5 Å². The molecule has 29 atom stereocenters. The fourth-order valence-corrected chi connectivity index (χ4v) is 41.2. The van der Waals surface area contributed by atoms with Gasteiger partial charge in [0.25, 0.3) is 0 Å². The summed E-state index contributed by atoms with van der Waals surface area (Å²) in [7, 11) is 2.89. The highest BCUT2D eigenvalue weighted by molar-refractivity contribution is 5.91. The smallest absolute Gasteiger partial charge is 0.410 e. The molecule has 20 rings (SSSR count). The van der Waals surface area contributed by atoms with Crippen LogP contribution in [0.15, 0.2) is 127 Å². The summed E-state index contributed by atoms with van der Waals surface area (Å²) in [5.74, 6) is 9.08. The zero-order valence-corrected chi connectivity index (χ0v) is 96.4. The number of nitrogens with two attached hydrogens (primary N) is 1. The normalized spacial score (nSPS) is 41.6. The number of esters is 2. The van der Waals surface area contributed by atoms with Gasteiger partial charge in [-0.25, -0.2) is 24.0 Å². The molecule has 14 fully saturated rings. The summed E-state index contributed by atoms with van der Waals surface area (Å²) in [5, 5.41) is 18.2. The zero-order valence-electron chi connectivity index (χ0n) is 96.4. The van der Waals surface area contributed by atoms with Crippen LogP contribution in [-0.4, -0.2) is 126 Å². The number of carbonyl (C=O) groups excluding carboxylic acids is 4. The Hall–Kier alpha value is -7.07. The van der Waals surface area contributed by atoms with Crippen LogP contribution in [0.4, 0.5) is 9.59 Å². The van der Waals surface area contributed by atoms with Crippen LogP contribution < -0.4 is 16.4 Å². The third kappa shape index (κ3) is 18.0. The second-order valence-electron chi connectivity index (χ2n) is 58.4. The van der Waals surface area contributed by atoms with Gasteiger partial charge in [-0.1, -0.05) is 195 Å². The Kier molecular flexibility index (Phi) is 29.0. The number of aromatic carboxylic acids is 1. The van der Waals surface area contributed by atoms with Crippen molar-refractivity contribution in [1.82, 2.24) is 20.4 Å². The van der Waals surface area contributed by atoms with E-state index in [1.165, 1.54) is 225 Å². The molecule has 808 valence electrons. The Morgan fingerprint density at radius 1 is 0.374 bits per heavy atom. The number of rotatable bonds is 15. The van der Waals surface area contributed by atoms with Crippen LogP contribution in [0.5, 0.6) is 0 Å². The number of nitrogens with one attached hydrogen (secondary N) is 2. The number of amides is 2. The van der Waals surface area contributed by atoms with Crippen LogP contribution in [0.2, 0.25) is 0 Å². The molecule has 147 heavy (non-hydrogen) atoms. The van der Waals surface area contributed by atoms with E-state index < -0.39 is 17.2 Å². The van der Waals surface area contributed by atoms with Crippen molar-refractivity contribution < 1.29 is 48.0 Å². The Balaban J connectivity index is 0.000000146. The number of nitrogens with zero attached hydrogens (tertiary/aromatic N) is 2. The number of benzene rings is 3. The molecule has 3 aromatic carbocycles. The molecule has 2 aliphatic heterocycles. The number of carbonyl (C=O) groups is 5. The first-order valence-electron chi connectivity index (χ1n) is 58.8. The molecule has 17 aliphatic rings. The molecule has 0 aromatic heterocycles. The minimum absolute atomic E-state index is 0.0111. The van der Waals surface area contributed by atoms with Gasteiger partial charge in [0.15, 0.2) is 0 Å². The average molecular weight is 2010 g/mol. The number of likely N-dealkylation sites (tertiary alicyclic amines) is 2. The molecule has 0 spiro atoms. The number of fused-ring (bicyclic) bond motifs is 21. The fraction of sp³-hybridized carbons (Fsp3) is 0.735. The van der Waals surface area contributed by atoms with Gasteiger partial charge < -0.3 is 50.2 Å². The van der Waals surface area contributed by atoms with Gasteiger partial charge in [-0.15, -0.1) is 0 Å². The summed E-state index contributed by atoms with van der Waals surface area (Å²) in [5.41, 5.74) is 23.0. The van der Waals surface area contributed by atoms with Gasteiger partial charge in [-0.2, -0.15) is 0 Å². The fourth-order valence-electron chi connectivity index (χ4n) is 41.2. The summed E-state index contributed by atoms with van der Waals surface area (Å²) in [6.45, 7) is 76.7. The van der Waals surface area contributed by atoms with E-state index in [0.29, 0.717) is 128 Å². The van der Waals surface area contributed by atoms with Crippen molar-refractivity contribution in [2.45, 2.75) is 393 Å². The molecule has 3 aromatic rings. The van der Waals surface area contributed by atoms with Crippen LogP contribution in [-0.2, 0) is 18.9 Å². The highest BCUT2D eigenvalue weighted by atomic mass is 16.6. The molecule has 5 N–H and O–H groups in total. The third-order valence-electron chi connectivity index (χ3n) is 48.5. The molecule has 0 radical (unpaired) electrons. The number of carboxylic acid groups (broad SMARTS) is 1. The average Bonchev–Trinajstić information content (AvgIpc) is 1.65. The Bertz CT molecular complexity index is 5610. The van der Waals surface area contributed by atoms with Crippen LogP contribution in [0, 0.1) is 166 Å². The predicted octanol–water partition coefficient (Wildman–Crippen LogP) is 31.0. The van der Waals surface area contributed by atoms with Gasteiger partial charge in [0.05, 0.1) is 30.9 Å². The number of hydrogen-bond donors (Lipinski definition) is 4. The van der Waals surface area contributed by atoms with E-state index in [1.807, 2.05) is 87.7 Å². The number of carboxylic acids is 1. The van der Waals surface area contributed by atoms with Crippen molar-refractivity contribution in [2.24, 2.45) is 171 Å². The zero-order chi connectivity index (χ0) is 106. The van der Waals surface area contributed by atoms with Crippen LogP contribution >= 0.6 is 0 Å². The highest BCUT2D eigenvalue weighted by Crippen LogP contribution is 2.82. The van der Waals surface area contributed by atoms with Crippen molar-refractivity contribution >= 4 is 46.8 Å². The van der Waals surface area contributed by atoms with Crippen molar-refractivity contribution in [1.29, 1.82) is 0 Å². The summed E-state index contributed by atoms with van der Waals surface area (Å²) in [6, 6.07) is 23.8. The van der Waals surface area contributed by atoms with E-state index >= 15 is 0 Å². The summed E-state index contributed by atoms with van der Waals surface area (Å²) < 4.78 is 21.5. The SMILES string of the molecule is C=C(C)[C@@H]1CC[C@]2(N)CC[C@]3(C)[C@H](CC[C@@H]4[C@@]5(C)CC=C(c6ccc(C(=O)OC)cc6)C(C)(C)[C@@H]5CC[C@]43C)[C@@H]12.C=C(C)[C@@H]1CC[C@]2(NCC3CCCN(C(=O)OC(C)(C)C)C3)CC[C@]3(C)[C@H](CC[C@@H]4[C@@]5(C)CC=C(c6ccc(C(=O)O)cc6)C(C)(C)[C@@H]5CC[C@]43C)[C@@H]12.C=C(C)[C@@H]1CC[C@]2(NCC3CCCN(C(=O)OC(C)(C)C)C3)CC[C@]3(C)[C@H](CC[C@@H]4[C@@]5(C)CC=C(c6ccc(C(=O)OC)cc6)C(C)(C)[C@@H]5CC[C@]43C)[C@@H]12. The van der Waals surface area contributed by atoms with Crippen LogP contribution in [0.3, 0.4) is 0 Å². The minimum atomic E-state index is -0.865. The molecule has 2 saturated heterocycles. The molecular formula is C132H195N5O10. The Morgan fingerprint density at radius 2 is 0.680 bits per heavy atom. The van der Waals surface area contributed by atoms with Gasteiger partial charge in [-0.05, 0) is 497 Å². The molecule has 15 aliphatic carbocycles. The molecule has 15 nitrogen and oxygen atoms in total. The summed E-state index contributed by atoms with van der Waals surface area (Å²) >= 11 is 0. The standard InChI is InChI=1S/C48H72N2O4.C47H70N2O4.C37H53NO2/c1-31(2)35-20-25-48(49-29-32-13-12-28-50(30-32)42(52)54-43(3,4)5)27-26-46(9)37(40(35)48)18-19-39-45(8)23-21-36(33-14-16-34(17-15-33)41(51)53-11)44(6,7)38(45)22-24-47(39,46)10;1-30(2)34-19-24-47(48-28-31-12-11-27-49(29-31)41(52)53-42(3,4)5)26-25-45(9)36(39(34)47)17-18-38-44(8)22-20-35(32-13-15-33(16-14-32)40(50)51)43(6,7)37(44)21-23-46(38,45)10;1-23(2)26-15-20-37(38)22-21-35(6)28(31(26)37)13-14-30-34(5)18-16-27(24-9-11-25(12-10-24)32(39)40-8)33(3,4)29(34)17-19-36(30,35)7/h14-17,21,32,35,37-40,49H,1,12-13,18-20,22-30H2,2-11H3;13-16,20,31,34,36-39,48H,1,11-12,17-19,21-29H2,2-10H3,(H,50,51);9-12,16,26,28-31H,1,13-15,17-22,38H2,2-8H3/t32?,35-,37+,38-,39+,40+,45-,46+,47+,48-;31?,34-,36+,37-,38+,39+,44-,45+,46+,47-;26-,28+,29-,30+,31+,34-,35+,36+,37-/m000/s1. The van der Waals surface area contributed by atoms with Gasteiger partial charge in [0, 0.05) is 55.9 Å². The topological polar surface area (TPSA) is 199 Å². The molecule has 12 saturated carbocycles. The summed E-state index contributed by atoms with van der Waals surface area (Å²) in [4.78, 5) is 65.8. The minimum Gasteiger partial charge on any atom is -0.478 e. The van der Waals surface area contributed by atoms with Crippen molar-refractivity contribution in [3.05, 3.63) is 161 Å².